The second-order valence-electron chi connectivity index (χ2n) is 7.87. The van der Waals surface area contributed by atoms with Gasteiger partial charge in [0, 0.05) is 33.8 Å². The van der Waals surface area contributed by atoms with E-state index < -0.39 is 5.54 Å². The Morgan fingerprint density at radius 2 is 2.24 bits per heavy atom. The second-order valence-corrected chi connectivity index (χ2v) is 9.78. The van der Waals surface area contributed by atoms with E-state index in [0.717, 1.165) is 40.8 Å². The number of amidine groups is 1. The van der Waals surface area contributed by atoms with Crippen LogP contribution >= 0.6 is 27.7 Å². The van der Waals surface area contributed by atoms with Crippen molar-refractivity contribution >= 4 is 38.8 Å². The Morgan fingerprint density at radius 3 is 2.97 bits per heavy atom. The van der Waals surface area contributed by atoms with E-state index in [1.54, 1.807) is 24.8 Å². The summed E-state index contributed by atoms with van der Waals surface area (Å²) < 4.78 is 12.4. The zero-order valence-electron chi connectivity index (χ0n) is 15.9. The summed E-state index contributed by atoms with van der Waals surface area (Å²) in [5, 5.41) is 7.56. The maximum Gasteiger partial charge on any atom is 0.273 e. The van der Waals surface area contributed by atoms with Crippen molar-refractivity contribution < 1.29 is 14.1 Å². The fourth-order valence-electron chi connectivity index (χ4n) is 4.73. The quantitative estimate of drug-likeness (QED) is 0.688. The molecule has 1 aliphatic carbocycles. The first kappa shape index (κ1) is 19.0. The van der Waals surface area contributed by atoms with Crippen LogP contribution in [-0.2, 0) is 5.54 Å². The summed E-state index contributed by atoms with van der Waals surface area (Å²) >= 11 is 5.17. The number of nitrogens with zero attached hydrogens (tertiary/aromatic N) is 2. The number of fused-ring (bicyclic) bond motifs is 4. The largest absolute Gasteiger partial charge is 0.490 e. The third-order valence-electron chi connectivity index (χ3n) is 6.03. The molecule has 3 heterocycles. The number of nitrogens with two attached hydrogens (primary N) is 1. The van der Waals surface area contributed by atoms with Crippen LogP contribution in [0.4, 0.5) is 0 Å². The number of rotatable bonds is 2. The Kier molecular flexibility index (Phi) is 4.62. The molecule has 3 N–H and O–H groups in total. The SMILES string of the molecule is Cc1cc(C(=O)NC2CCC3Oc4ccc(Br)cc4C4(CSC(N)=N4)C3C2)no1. The number of aromatic nitrogens is 1. The number of nitrogens with one attached hydrogen (secondary N) is 1. The van der Waals surface area contributed by atoms with E-state index in [0.29, 0.717) is 16.6 Å². The molecule has 1 saturated carbocycles. The Labute approximate surface area is 181 Å². The molecule has 4 atom stereocenters. The smallest absolute Gasteiger partial charge is 0.273 e. The molecule has 2 aromatic rings. The lowest BCUT2D eigenvalue weighted by Gasteiger charge is -2.48. The van der Waals surface area contributed by atoms with E-state index in [9.17, 15) is 4.79 Å². The minimum absolute atomic E-state index is 0.0250. The van der Waals surface area contributed by atoms with E-state index in [-0.39, 0.29) is 24.0 Å². The summed E-state index contributed by atoms with van der Waals surface area (Å²) in [6, 6.07) is 7.77. The number of carbonyl (C=O) groups excluding carboxylic acids is 1. The van der Waals surface area contributed by atoms with Gasteiger partial charge in [0.05, 0.1) is 0 Å². The summed E-state index contributed by atoms with van der Waals surface area (Å²) in [6.07, 6.45) is 2.53. The van der Waals surface area contributed by atoms with Crippen LogP contribution in [0.2, 0.25) is 0 Å². The van der Waals surface area contributed by atoms with Crippen molar-refractivity contribution in [3.8, 4) is 5.75 Å². The zero-order chi connectivity index (χ0) is 20.2. The number of thioether (sulfide) groups is 1. The van der Waals surface area contributed by atoms with Gasteiger partial charge in [-0.2, -0.15) is 0 Å². The lowest BCUT2D eigenvalue weighted by molar-refractivity contribution is 0.0155. The molecule has 9 heteroatoms. The fraction of sp³-hybridized carbons (Fsp3) is 0.450. The molecule has 5 rings (SSSR count). The number of benzene rings is 1. The molecule has 152 valence electrons. The maximum atomic E-state index is 12.6. The van der Waals surface area contributed by atoms with Gasteiger partial charge >= 0.3 is 0 Å². The average Bonchev–Trinajstić information content (AvgIpc) is 3.30. The predicted octanol–water partition coefficient (Wildman–Crippen LogP) is 3.36. The molecule has 0 radical (unpaired) electrons. The highest BCUT2D eigenvalue weighted by Crippen LogP contribution is 2.54. The predicted molar refractivity (Wildman–Crippen MR) is 114 cm³/mol. The summed E-state index contributed by atoms with van der Waals surface area (Å²) in [7, 11) is 0. The van der Waals surface area contributed by atoms with Crippen molar-refractivity contribution in [2.45, 2.75) is 43.9 Å². The van der Waals surface area contributed by atoms with Gasteiger partial charge in [-0.1, -0.05) is 32.8 Å². The second kappa shape index (κ2) is 7.05. The highest BCUT2D eigenvalue weighted by Gasteiger charge is 2.54. The average molecular weight is 477 g/mol. The van der Waals surface area contributed by atoms with Gasteiger partial charge in [0.25, 0.3) is 5.91 Å². The summed E-state index contributed by atoms with van der Waals surface area (Å²) in [4.78, 5) is 17.5. The third kappa shape index (κ3) is 3.24. The number of carbonyl (C=O) groups is 1. The third-order valence-corrected chi connectivity index (χ3v) is 7.50. The molecular formula is C20H21BrN4O3S. The lowest BCUT2D eigenvalue weighted by Crippen LogP contribution is -2.54. The van der Waals surface area contributed by atoms with Crippen LogP contribution in [0.15, 0.2) is 38.3 Å². The highest BCUT2D eigenvalue weighted by atomic mass is 79.9. The molecule has 0 saturated heterocycles. The number of hydrogen-bond acceptors (Lipinski definition) is 7. The number of halogens is 1. The summed E-state index contributed by atoms with van der Waals surface area (Å²) in [5.41, 5.74) is 7.08. The molecule has 7 nitrogen and oxygen atoms in total. The van der Waals surface area contributed by atoms with E-state index >= 15 is 0 Å². The van der Waals surface area contributed by atoms with Gasteiger partial charge in [-0.3, -0.25) is 4.79 Å². The van der Waals surface area contributed by atoms with Crippen molar-refractivity contribution in [3.05, 3.63) is 45.8 Å². The Morgan fingerprint density at radius 1 is 1.38 bits per heavy atom. The lowest BCUT2D eigenvalue weighted by atomic mass is 9.67. The topological polar surface area (TPSA) is 103 Å². The van der Waals surface area contributed by atoms with Crippen LogP contribution < -0.4 is 15.8 Å². The minimum Gasteiger partial charge on any atom is -0.490 e. The van der Waals surface area contributed by atoms with E-state index in [4.69, 9.17) is 20.0 Å². The molecule has 1 spiro atoms. The van der Waals surface area contributed by atoms with Gasteiger partial charge in [-0.05, 0) is 44.4 Å². The number of aliphatic imine (C=N–C) groups is 1. The number of aryl methyl sites for hydroxylation is 1. The van der Waals surface area contributed by atoms with Gasteiger partial charge in [0.1, 0.15) is 23.2 Å². The van der Waals surface area contributed by atoms with Crippen molar-refractivity contribution in [3.63, 3.8) is 0 Å². The summed E-state index contributed by atoms with van der Waals surface area (Å²) in [6.45, 7) is 1.77. The minimum atomic E-state index is -0.426. The van der Waals surface area contributed by atoms with E-state index in [2.05, 4.69) is 32.5 Å². The van der Waals surface area contributed by atoms with Crippen LogP contribution in [-0.4, -0.2) is 34.1 Å². The number of ether oxygens (including phenoxy) is 1. The van der Waals surface area contributed by atoms with Gasteiger partial charge in [0.2, 0.25) is 0 Å². The van der Waals surface area contributed by atoms with Crippen LogP contribution in [0.5, 0.6) is 5.75 Å². The van der Waals surface area contributed by atoms with Crippen molar-refractivity contribution in [2.24, 2.45) is 16.6 Å². The Hall–Kier alpha value is -2.00. The fourth-order valence-corrected chi connectivity index (χ4v) is 6.12. The van der Waals surface area contributed by atoms with Crippen molar-refractivity contribution in [1.82, 2.24) is 10.5 Å². The molecule has 1 aromatic heterocycles. The number of hydrogen-bond donors (Lipinski definition) is 2. The molecular weight excluding hydrogens is 456 g/mol. The molecule has 2 aliphatic heterocycles. The van der Waals surface area contributed by atoms with Crippen LogP contribution in [0, 0.1) is 12.8 Å². The molecule has 1 aromatic carbocycles. The maximum absolute atomic E-state index is 12.6. The van der Waals surface area contributed by atoms with Crippen LogP contribution in [0.3, 0.4) is 0 Å². The molecule has 29 heavy (non-hydrogen) atoms. The van der Waals surface area contributed by atoms with E-state index in [1.807, 2.05) is 12.1 Å². The van der Waals surface area contributed by atoms with Gasteiger partial charge in [0.15, 0.2) is 10.9 Å². The normalized spacial score (nSPS) is 30.3. The Bertz CT molecular complexity index is 1010. The van der Waals surface area contributed by atoms with E-state index in [1.165, 1.54) is 0 Å². The summed E-state index contributed by atoms with van der Waals surface area (Å²) in [5.74, 6) is 2.22. The molecule has 4 unspecified atom stereocenters. The molecule has 3 aliphatic rings. The molecule has 0 bridgehead atoms. The van der Waals surface area contributed by atoms with Crippen molar-refractivity contribution in [2.75, 3.05) is 5.75 Å². The molecule has 1 amide bonds. The van der Waals surface area contributed by atoms with Crippen LogP contribution in [0.25, 0.3) is 0 Å². The highest BCUT2D eigenvalue weighted by molar-refractivity contribution is 9.10. The first-order chi connectivity index (χ1) is 13.9. The first-order valence-electron chi connectivity index (χ1n) is 9.63. The van der Waals surface area contributed by atoms with Gasteiger partial charge < -0.3 is 20.3 Å². The zero-order valence-corrected chi connectivity index (χ0v) is 18.3. The Balaban J connectivity index is 1.45. The number of amides is 1. The van der Waals surface area contributed by atoms with Crippen molar-refractivity contribution in [1.29, 1.82) is 0 Å². The van der Waals surface area contributed by atoms with Gasteiger partial charge in [-0.15, -0.1) is 0 Å². The first-order valence-corrected chi connectivity index (χ1v) is 11.4. The van der Waals surface area contributed by atoms with Gasteiger partial charge in [-0.25, -0.2) is 4.99 Å². The standard InChI is InChI=1S/C20H21BrN4O3S/c1-10-6-15(25-28-10)18(26)23-12-3-5-17-14(8-12)20(9-29-19(22)24-20)13-7-11(21)2-4-16(13)27-17/h2,4,6-7,12,14,17H,3,5,8-9H2,1H3,(H2,22,24)(H,23,26). The monoisotopic (exact) mass is 476 g/mol. The van der Waals surface area contributed by atoms with Crippen LogP contribution in [0.1, 0.15) is 41.1 Å². The molecule has 1 fully saturated rings.